The van der Waals surface area contributed by atoms with Gasteiger partial charge in [-0.1, -0.05) is 232 Å². The number of halogens is 2. The quantitative estimate of drug-likeness (QED) is 0.147. The van der Waals surface area contributed by atoms with E-state index in [0.29, 0.717) is 0 Å². The Kier molecular flexibility index (Phi) is 10.1. The second-order valence-electron chi connectivity index (χ2n) is 17.0. The van der Waals surface area contributed by atoms with Gasteiger partial charge in [0.2, 0.25) is 0 Å². The molecule has 0 saturated heterocycles. The lowest BCUT2D eigenvalue weighted by molar-refractivity contribution is 0.706. The molecule has 0 N–H and O–H groups in total. The molecule has 9 aromatic carbocycles. The van der Waals surface area contributed by atoms with Gasteiger partial charge in [-0.25, -0.2) is 0 Å². The summed E-state index contributed by atoms with van der Waals surface area (Å²) in [4.78, 5) is 5.29. The maximum absolute atomic E-state index is 4.00. The molecular formula is C60H41BBr2N2. The Bertz CT molecular complexity index is 3240. The minimum Gasteiger partial charge on any atom is -0.334 e. The first-order valence-electron chi connectivity index (χ1n) is 22.2. The van der Waals surface area contributed by atoms with Gasteiger partial charge in [0.1, 0.15) is 0 Å². The fourth-order valence-corrected chi connectivity index (χ4v) is 11.3. The smallest absolute Gasteiger partial charge is 0.252 e. The summed E-state index contributed by atoms with van der Waals surface area (Å²) in [6.07, 6.45) is 7.02. The predicted octanol–water partition coefficient (Wildman–Crippen LogP) is 14.8. The summed E-state index contributed by atoms with van der Waals surface area (Å²) in [6, 6.07) is 80.3. The van der Waals surface area contributed by atoms with Crippen molar-refractivity contribution in [1.29, 1.82) is 0 Å². The molecule has 0 saturated carbocycles. The van der Waals surface area contributed by atoms with Crippen LogP contribution < -0.4 is 26.2 Å². The highest BCUT2D eigenvalue weighted by atomic mass is 79.9. The summed E-state index contributed by atoms with van der Waals surface area (Å²) >= 11 is 7.98. The van der Waals surface area contributed by atoms with Crippen molar-refractivity contribution in [3.05, 3.63) is 257 Å². The molecule has 2 atom stereocenters. The van der Waals surface area contributed by atoms with E-state index in [4.69, 9.17) is 0 Å². The van der Waals surface area contributed by atoms with Crippen molar-refractivity contribution in [2.24, 2.45) is 0 Å². The molecule has 2 nitrogen and oxygen atoms in total. The minimum atomic E-state index is -0.0924. The molecule has 65 heavy (non-hydrogen) atoms. The molecule has 0 amide bonds. The third-order valence-electron chi connectivity index (χ3n) is 13.4. The lowest BCUT2D eigenvalue weighted by atomic mass is 9.33. The van der Waals surface area contributed by atoms with E-state index >= 15 is 0 Å². The Hall–Kier alpha value is -6.92. The SMILES string of the molecule is Brc1ccc2c(c1)N(c1c(-c3ccccc3)cccc1-c1ccccc1)c1cc(-c3ccccc3)cc3c1B2c1ccc(Br)cc1N3C1C(c2ccccc2)=CC=CC1c1ccccc1. The number of nitrogens with zero attached hydrogens (tertiary/aromatic N) is 2. The predicted molar refractivity (Wildman–Crippen MR) is 283 cm³/mol. The van der Waals surface area contributed by atoms with Gasteiger partial charge in [-0.05, 0) is 91.7 Å². The van der Waals surface area contributed by atoms with Gasteiger partial charge in [-0.3, -0.25) is 0 Å². The second kappa shape index (κ2) is 16.6. The van der Waals surface area contributed by atoms with E-state index in [2.05, 4.69) is 278 Å². The lowest BCUT2D eigenvalue weighted by Gasteiger charge is -2.49. The van der Waals surface area contributed by atoms with Crippen LogP contribution in [0.25, 0.3) is 39.0 Å². The highest BCUT2D eigenvalue weighted by molar-refractivity contribution is 9.10. The molecule has 1 aliphatic carbocycles. The van der Waals surface area contributed by atoms with E-state index < -0.39 is 0 Å². The van der Waals surface area contributed by atoms with Gasteiger partial charge in [0.05, 0.1) is 11.7 Å². The number of hydrogen-bond donors (Lipinski definition) is 0. The molecular weight excluding hydrogens is 919 g/mol. The van der Waals surface area contributed by atoms with Crippen LogP contribution in [-0.4, -0.2) is 12.8 Å². The normalized spacial score (nSPS) is 15.8. The highest BCUT2D eigenvalue weighted by Crippen LogP contribution is 2.52. The Morgan fingerprint density at radius 1 is 0.415 bits per heavy atom. The molecule has 0 bridgehead atoms. The number of allylic oxidation sites excluding steroid dienone is 2. The van der Waals surface area contributed by atoms with Crippen LogP contribution in [0.3, 0.4) is 0 Å². The van der Waals surface area contributed by atoms with Crippen molar-refractivity contribution in [1.82, 2.24) is 0 Å². The fraction of sp³-hybridized carbons (Fsp3) is 0.0333. The van der Waals surface area contributed by atoms with Crippen LogP contribution in [0.5, 0.6) is 0 Å². The van der Waals surface area contributed by atoms with E-state index in [1.807, 2.05) is 0 Å². The van der Waals surface area contributed by atoms with Crippen LogP contribution in [0, 0.1) is 0 Å². The molecule has 2 unspecified atom stereocenters. The first-order valence-corrected chi connectivity index (χ1v) is 23.8. The molecule has 0 spiro atoms. The van der Waals surface area contributed by atoms with Crippen LogP contribution in [0.4, 0.5) is 28.4 Å². The maximum atomic E-state index is 4.00. The zero-order chi connectivity index (χ0) is 43.4. The van der Waals surface area contributed by atoms with Gasteiger partial charge < -0.3 is 9.80 Å². The third-order valence-corrected chi connectivity index (χ3v) is 14.4. The maximum Gasteiger partial charge on any atom is 0.252 e. The second-order valence-corrected chi connectivity index (χ2v) is 18.9. The Balaban J connectivity index is 1.23. The molecule has 308 valence electrons. The number of fused-ring (bicyclic) bond motifs is 4. The number of hydrogen-bond acceptors (Lipinski definition) is 2. The number of benzene rings is 9. The summed E-state index contributed by atoms with van der Waals surface area (Å²) in [5, 5.41) is 0. The molecule has 0 radical (unpaired) electrons. The summed E-state index contributed by atoms with van der Waals surface area (Å²) in [7, 11) is 0. The standard InChI is InChI=1S/C60H41BBr2N2/c62-46-32-34-52-54(38-46)64(59-48(41-20-8-2-9-21-41)28-16-29-49(59)42-22-10-3-11-23-42)56-36-45(40-18-6-1-7-19-40)37-57-58(56)61(52)53-35-33-47(63)39-55(53)65(57)60-50(43-24-12-4-13-25-43)30-17-31-51(60)44-26-14-5-15-27-44/h1-39,48,59H. The monoisotopic (exact) mass is 958 g/mol. The van der Waals surface area contributed by atoms with Gasteiger partial charge in [-0.2, -0.15) is 0 Å². The van der Waals surface area contributed by atoms with Gasteiger partial charge in [0.25, 0.3) is 6.71 Å². The van der Waals surface area contributed by atoms with Gasteiger partial charge in [0, 0.05) is 48.7 Å². The summed E-state index contributed by atoms with van der Waals surface area (Å²) in [5.41, 5.74) is 20.5. The molecule has 0 aromatic heterocycles. The zero-order valence-electron chi connectivity index (χ0n) is 35.4. The van der Waals surface area contributed by atoms with E-state index in [0.717, 1.165) is 25.9 Å². The number of para-hydroxylation sites is 1. The van der Waals surface area contributed by atoms with Crippen LogP contribution >= 0.6 is 31.9 Å². The van der Waals surface area contributed by atoms with Crippen LogP contribution in [-0.2, 0) is 0 Å². The molecule has 12 rings (SSSR count). The van der Waals surface area contributed by atoms with Gasteiger partial charge in [0.15, 0.2) is 0 Å². The van der Waals surface area contributed by atoms with E-state index in [9.17, 15) is 0 Å². The van der Waals surface area contributed by atoms with Crippen LogP contribution in [0.1, 0.15) is 17.0 Å². The topological polar surface area (TPSA) is 6.48 Å². The Labute approximate surface area is 398 Å². The van der Waals surface area contributed by atoms with E-state index in [1.165, 1.54) is 78.0 Å². The highest BCUT2D eigenvalue weighted by Gasteiger charge is 2.47. The van der Waals surface area contributed by atoms with E-state index in [1.54, 1.807) is 0 Å². The van der Waals surface area contributed by atoms with Crippen molar-refractivity contribution in [3.63, 3.8) is 0 Å². The third kappa shape index (κ3) is 6.84. The zero-order valence-corrected chi connectivity index (χ0v) is 38.6. The van der Waals surface area contributed by atoms with Crippen molar-refractivity contribution in [2.75, 3.05) is 9.80 Å². The van der Waals surface area contributed by atoms with E-state index in [-0.39, 0.29) is 18.7 Å². The minimum absolute atomic E-state index is 0.0437. The first-order chi connectivity index (χ1) is 32.1. The molecule has 2 aliphatic heterocycles. The molecule has 3 aliphatic rings. The average Bonchev–Trinajstić information content (AvgIpc) is 3.37. The first kappa shape index (κ1) is 39.7. The Morgan fingerprint density at radius 3 is 1.52 bits per heavy atom. The summed E-state index contributed by atoms with van der Waals surface area (Å²) in [6.45, 7) is -0.0500. The van der Waals surface area contributed by atoms with Crippen molar-refractivity contribution < 1.29 is 0 Å². The van der Waals surface area contributed by atoms with Gasteiger partial charge in [-0.15, -0.1) is 0 Å². The van der Waals surface area contributed by atoms with Crippen molar-refractivity contribution >= 4 is 89.0 Å². The van der Waals surface area contributed by atoms with Crippen LogP contribution in [0.15, 0.2) is 246 Å². The average molecular weight is 961 g/mol. The van der Waals surface area contributed by atoms with Gasteiger partial charge >= 0.3 is 0 Å². The summed E-state index contributed by atoms with van der Waals surface area (Å²) in [5.74, 6) is 0.0437. The fourth-order valence-electron chi connectivity index (χ4n) is 10.6. The number of rotatable bonds is 7. The van der Waals surface area contributed by atoms with Crippen LogP contribution in [0.2, 0.25) is 0 Å². The molecule has 0 fully saturated rings. The molecule has 5 heteroatoms. The summed E-state index contributed by atoms with van der Waals surface area (Å²) < 4.78 is 2.09. The molecule has 2 heterocycles. The lowest BCUT2D eigenvalue weighted by Crippen LogP contribution is -2.63. The number of anilines is 5. The van der Waals surface area contributed by atoms with Crippen molar-refractivity contribution in [2.45, 2.75) is 12.0 Å². The largest absolute Gasteiger partial charge is 0.334 e. The molecule has 9 aromatic rings. The Morgan fingerprint density at radius 2 is 0.923 bits per heavy atom. The van der Waals surface area contributed by atoms with Crippen molar-refractivity contribution in [3.8, 4) is 33.4 Å².